The Morgan fingerprint density at radius 2 is 2.20 bits per heavy atom. The number of nitro groups is 1. The van der Waals surface area contributed by atoms with Crippen molar-refractivity contribution in [3.05, 3.63) is 39.9 Å². The molecule has 1 atom stereocenters. The predicted octanol–water partition coefficient (Wildman–Crippen LogP) is 2.18. The summed E-state index contributed by atoms with van der Waals surface area (Å²) in [6.45, 7) is 2.60. The Bertz CT molecular complexity index is 344. The van der Waals surface area contributed by atoms with Crippen molar-refractivity contribution >= 4 is 17.4 Å². The highest BCUT2D eigenvalue weighted by Crippen LogP contribution is 2.24. The van der Waals surface area contributed by atoms with Crippen LogP contribution in [0, 0.1) is 10.1 Å². The third-order valence-electron chi connectivity index (χ3n) is 2.04. The van der Waals surface area contributed by atoms with E-state index in [4.69, 9.17) is 5.73 Å². The van der Waals surface area contributed by atoms with Gasteiger partial charge in [-0.3, -0.25) is 10.1 Å². The van der Waals surface area contributed by atoms with Gasteiger partial charge in [-0.1, -0.05) is 25.1 Å². The predicted molar refractivity (Wildman–Crippen MR) is 62.9 cm³/mol. The van der Waals surface area contributed by atoms with Gasteiger partial charge in [0.1, 0.15) is 0 Å². The molecule has 0 saturated heterocycles. The van der Waals surface area contributed by atoms with Crippen molar-refractivity contribution < 1.29 is 4.92 Å². The molecule has 0 bridgehead atoms. The number of hydrogen-bond donors (Lipinski definition) is 1. The highest BCUT2D eigenvalue weighted by atomic mass is 32.2. The summed E-state index contributed by atoms with van der Waals surface area (Å²) < 4.78 is 0. The van der Waals surface area contributed by atoms with Gasteiger partial charge in [-0.2, -0.15) is 11.8 Å². The Balaban J connectivity index is 2.72. The van der Waals surface area contributed by atoms with Crippen LogP contribution < -0.4 is 5.73 Å². The Labute approximate surface area is 93.0 Å². The molecule has 1 unspecified atom stereocenters. The monoisotopic (exact) mass is 226 g/mol. The molecule has 2 N–H and O–H groups in total. The fourth-order valence-electron chi connectivity index (χ4n) is 1.11. The SMILES string of the molecule is CC(CN)SCc1ccccc1[N+](=O)[O-]. The molecule has 1 aromatic carbocycles. The number of nitro benzene ring substituents is 1. The molecule has 0 amide bonds. The van der Waals surface area contributed by atoms with Gasteiger partial charge in [0.05, 0.1) is 4.92 Å². The van der Waals surface area contributed by atoms with Gasteiger partial charge in [-0.25, -0.2) is 0 Å². The normalized spacial score (nSPS) is 12.4. The van der Waals surface area contributed by atoms with Gasteiger partial charge in [0, 0.05) is 29.2 Å². The van der Waals surface area contributed by atoms with Gasteiger partial charge in [0.2, 0.25) is 0 Å². The quantitative estimate of drug-likeness (QED) is 0.617. The third-order valence-corrected chi connectivity index (χ3v) is 3.28. The minimum atomic E-state index is -0.344. The molecule has 0 radical (unpaired) electrons. The van der Waals surface area contributed by atoms with Crippen LogP contribution in [0.3, 0.4) is 0 Å². The molecule has 0 aliphatic carbocycles. The maximum atomic E-state index is 10.7. The van der Waals surface area contributed by atoms with E-state index in [1.807, 2.05) is 13.0 Å². The summed E-state index contributed by atoms with van der Waals surface area (Å²) in [5.74, 6) is 0.634. The summed E-state index contributed by atoms with van der Waals surface area (Å²) in [5.41, 5.74) is 6.43. The number of para-hydroxylation sites is 1. The molecule has 0 spiro atoms. The molecule has 5 heteroatoms. The van der Waals surface area contributed by atoms with Gasteiger partial charge in [0.15, 0.2) is 0 Å². The molecule has 1 aromatic rings. The van der Waals surface area contributed by atoms with Gasteiger partial charge in [-0.15, -0.1) is 0 Å². The van der Waals surface area contributed by atoms with Crippen molar-refractivity contribution in [3.8, 4) is 0 Å². The van der Waals surface area contributed by atoms with Crippen LogP contribution in [0.25, 0.3) is 0 Å². The lowest BCUT2D eigenvalue weighted by Crippen LogP contribution is -2.12. The zero-order valence-electron chi connectivity index (χ0n) is 8.55. The average Bonchev–Trinajstić information content (AvgIpc) is 2.26. The van der Waals surface area contributed by atoms with Gasteiger partial charge < -0.3 is 5.73 Å². The molecule has 0 aliphatic heterocycles. The number of benzene rings is 1. The van der Waals surface area contributed by atoms with Crippen LogP contribution in [0.2, 0.25) is 0 Å². The van der Waals surface area contributed by atoms with Crippen LogP contribution in [-0.4, -0.2) is 16.7 Å². The first-order valence-corrected chi connectivity index (χ1v) is 5.74. The van der Waals surface area contributed by atoms with Crippen molar-refractivity contribution in [1.82, 2.24) is 0 Å². The standard InChI is InChI=1S/C10H14N2O2S/c1-8(6-11)15-7-9-4-2-3-5-10(9)12(13)14/h2-5,8H,6-7,11H2,1H3. The third kappa shape index (κ3) is 3.53. The maximum absolute atomic E-state index is 10.7. The van der Waals surface area contributed by atoms with Crippen molar-refractivity contribution in [2.24, 2.45) is 5.73 Å². The summed E-state index contributed by atoms with van der Waals surface area (Å²) in [7, 11) is 0. The average molecular weight is 226 g/mol. The van der Waals surface area contributed by atoms with E-state index in [1.54, 1.807) is 23.9 Å². The maximum Gasteiger partial charge on any atom is 0.273 e. The van der Waals surface area contributed by atoms with E-state index in [0.717, 1.165) is 5.56 Å². The minimum Gasteiger partial charge on any atom is -0.329 e. The molecule has 1 rings (SSSR count). The topological polar surface area (TPSA) is 69.2 Å². The number of rotatable bonds is 5. The molecule has 0 aromatic heterocycles. The molecule has 15 heavy (non-hydrogen) atoms. The van der Waals surface area contributed by atoms with E-state index in [1.165, 1.54) is 6.07 Å². The van der Waals surface area contributed by atoms with E-state index in [2.05, 4.69) is 0 Å². The molecule has 0 heterocycles. The van der Waals surface area contributed by atoms with Gasteiger partial charge >= 0.3 is 0 Å². The molecule has 82 valence electrons. The van der Waals surface area contributed by atoms with E-state index < -0.39 is 0 Å². The lowest BCUT2D eigenvalue weighted by atomic mass is 10.2. The first kappa shape index (κ1) is 12.0. The van der Waals surface area contributed by atoms with E-state index >= 15 is 0 Å². The fourth-order valence-corrected chi connectivity index (χ4v) is 1.96. The summed E-state index contributed by atoms with van der Waals surface area (Å²) in [6.07, 6.45) is 0. The van der Waals surface area contributed by atoms with Crippen molar-refractivity contribution in [1.29, 1.82) is 0 Å². The fraction of sp³-hybridized carbons (Fsp3) is 0.400. The van der Waals surface area contributed by atoms with E-state index in [-0.39, 0.29) is 10.6 Å². The van der Waals surface area contributed by atoms with Crippen LogP contribution in [0.1, 0.15) is 12.5 Å². The molecular weight excluding hydrogens is 212 g/mol. The summed E-state index contributed by atoms with van der Waals surface area (Å²) in [5, 5.41) is 11.0. The van der Waals surface area contributed by atoms with Crippen molar-refractivity contribution in [2.75, 3.05) is 6.54 Å². The smallest absolute Gasteiger partial charge is 0.273 e. The summed E-state index contributed by atoms with van der Waals surface area (Å²) >= 11 is 1.63. The Kier molecular flexibility index (Phi) is 4.58. The van der Waals surface area contributed by atoms with Crippen LogP contribution in [0.15, 0.2) is 24.3 Å². The van der Waals surface area contributed by atoms with E-state index in [0.29, 0.717) is 17.5 Å². The zero-order chi connectivity index (χ0) is 11.3. The highest BCUT2D eigenvalue weighted by Gasteiger charge is 2.12. The Morgan fingerprint density at radius 3 is 2.80 bits per heavy atom. The number of nitrogens with two attached hydrogens (primary N) is 1. The Hall–Kier alpha value is -1.07. The number of hydrogen-bond acceptors (Lipinski definition) is 4. The highest BCUT2D eigenvalue weighted by molar-refractivity contribution is 7.99. The molecular formula is C10H14N2O2S. The zero-order valence-corrected chi connectivity index (χ0v) is 9.37. The molecule has 0 saturated carbocycles. The second-order valence-corrected chi connectivity index (χ2v) is 4.67. The van der Waals surface area contributed by atoms with Crippen LogP contribution in [-0.2, 0) is 5.75 Å². The summed E-state index contributed by atoms with van der Waals surface area (Å²) in [6, 6.07) is 6.81. The molecule has 0 aliphatic rings. The first-order valence-electron chi connectivity index (χ1n) is 4.69. The lowest BCUT2D eigenvalue weighted by Gasteiger charge is -2.07. The van der Waals surface area contributed by atoms with Crippen LogP contribution >= 0.6 is 11.8 Å². The van der Waals surface area contributed by atoms with E-state index in [9.17, 15) is 10.1 Å². The number of nitrogens with zero attached hydrogens (tertiary/aromatic N) is 1. The molecule has 4 nitrogen and oxygen atoms in total. The van der Waals surface area contributed by atoms with Gasteiger partial charge in [-0.05, 0) is 0 Å². The first-order chi connectivity index (χ1) is 7.15. The molecule has 0 fully saturated rings. The van der Waals surface area contributed by atoms with Crippen molar-refractivity contribution in [3.63, 3.8) is 0 Å². The second-order valence-electron chi connectivity index (χ2n) is 3.24. The number of thioether (sulfide) groups is 1. The second kappa shape index (κ2) is 5.72. The van der Waals surface area contributed by atoms with Gasteiger partial charge in [0.25, 0.3) is 5.69 Å². The Morgan fingerprint density at radius 1 is 1.53 bits per heavy atom. The van der Waals surface area contributed by atoms with Crippen molar-refractivity contribution in [2.45, 2.75) is 17.9 Å². The van der Waals surface area contributed by atoms with Crippen LogP contribution in [0.5, 0.6) is 0 Å². The lowest BCUT2D eigenvalue weighted by molar-refractivity contribution is -0.385. The largest absolute Gasteiger partial charge is 0.329 e. The minimum absolute atomic E-state index is 0.189. The van der Waals surface area contributed by atoms with Crippen LogP contribution in [0.4, 0.5) is 5.69 Å². The summed E-state index contributed by atoms with van der Waals surface area (Å²) in [4.78, 5) is 10.4.